The van der Waals surface area contributed by atoms with E-state index < -0.39 is 12.5 Å². The monoisotopic (exact) mass is 293 g/mol. The average molecular weight is 293 g/mol. The normalized spacial score (nSPS) is 10.4. The molecule has 2 aromatic carbocycles. The summed E-state index contributed by atoms with van der Waals surface area (Å²) in [6, 6.07) is 12.2. The van der Waals surface area contributed by atoms with Crippen LogP contribution in [0.15, 0.2) is 48.5 Å². The van der Waals surface area contributed by atoms with Gasteiger partial charge in [-0.2, -0.15) is 8.78 Å². The number of carbonyl (C=O) groups excluding carboxylic acids is 1. The largest absolute Gasteiger partial charge is 0.508 e. The van der Waals surface area contributed by atoms with Crippen LogP contribution in [0, 0.1) is 0 Å². The maximum Gasteiger partial charge on any atom is 0.387 e. The molecule has 0 radical (unpaired) electrons. The first kappa shape index (κ1) is 14.8. The molecule has 4 nitrogen and oxygen atoms in total. The number of rotatable bonds is 5. The van der Waals surface area contributed by atoms with Crippen molar-refractivity contribution >= 4 is 5.91 Å². The molecule has 0 aliphatic heterocycles. The number of para-hydroxylation sites is 2. The number of phenolic OH excluding ortho intramolecular Hbond substituents is 1. The lowest BCUT2D eigenvalue weighted by Crippen LogP contribution is -2.23. The Balaban J connectivity index is 2.09. The van der Waals surface area contributed by atoms with Crippen molar-refractivity contribution in [1.82, 2.24) is 5.32 Å². The van der Waals surface area contributed by atoms with Gasteiger partial charge in [0.2, 0.25) is 0 Å². The summed E-state index contributed by atoms with van der Waals surface area (Å²) in [4.78, 5) is 12.0. The van der Waals surface area contributed by atoms with Gasteiger partial charge in [-0.15, -0.1) is 0 Å². The first-order chi connectivity index (χ1) is 10.1. The van der Waals surface area contributed by atoms with Crippen LogP contribution in [0.2, 0.25) is 0 Å². The van der Waals surface area contributed by atoms with Crippen LogP contribution >= 0.6 is 0 Å². The van der Waals surface area contributed by atoms with Crippen LogP contribution in [0.5, 0.6) is 11.5 Å². The zero-order chi connectivity index (χ0) is 15.2. The number of alkyl halides is 2. The minimum atomic E-state index is -3.00. The number of benzene rings is 2. The highest BCUT2D eigenvalue weighted by Gasteiger charge is 2.15. The topological polar surface area (TPSA) is 58.6 Å². The lowest BCUT2D eigenvalue weighted by molar-refractivity contribution is -0.0501. The van der Waals surface area contributed by atoms with E-state index in [1.54, 1.807) is 24.3 Å². The lowest BCUT2D eigenvalue weighted by atomic mass is 10.1. The second kappa shape index (κ2) is 6.69. The van der Waals surface area contributed by atoms with Crippen LogP contribution in [0.25, 0.3) is 0 Å². The summed E-state index contributed by atoms with van der Waals surface area (Å²) in [5, 5.41) is 12.1. The molecule has 0 atom stereocenters. The van der Waals surface area contributed by atoms with E-state index in [0.717, 1.165) is 0 Å². The summed E-state index contributed by atoms with van der Waals surface area (Å²) in [6.07, 6.45) is 0. The number of halogens is 2. The van der Waals surface area contributed by atoms with Gasteiger partial charge in [0.1, 0.15) is 11.5 Å². The predicted molar refractivity (Wildman–Crippen MR) is 72.4 cm³/mol. The van der Waals surface area contributed by atoms with Crippen LogP contribution in [-0.4, -0.2) is 17.6 Å². The summed E-state index contributed by atoms with van der Waals surface area (Å²) in [7, 11) is 0. The van der Waals surface area contributed by atoms with E-state index in [0.29, 0.717) is 5.56 Å². The first-order valence-electron chi connectivity index (χ1n) is 6.17. The minimum Gasteiger partial charge on any atom is -0.508 e. The fourth-order valence-corrected chi connectivity index (χ4v) is 1.78. The van der Waals surface area contributed by atoms with Crippen LogP contribution in [-0.2, 0) is 6.54 Å². The minimum absolute atomic E-state index is 0.00761. The highest BCUT2D eigenvalue weighted by molar-refractivity contribution is 5.96. The Labute approximate surface area is 120 Å². The number of carbonyl (C=O) groups is 1. The molecule has 1 amide bonds. The van der Waals surface area contributed by atoms with E-state index in [1.807, 2.05) is 0 Å². The van der Waals surface area contributed by atoms with Gasteiger partial charge in [-0.05, 0) is 18.2 Å². The third-order valence-corrected chi connectivity index (χ3v) is 2.78. The molecule has 0 aliphatic carbocycles. The van der Waals surface area contributed by atoms with Crippen LogP contribution in [0.4, 0.5) is 8.78 Å². The summed E-state index contributed by atoms with van der Waals surface area (Å²) in [5.41, 5.74) is 0.534. The second-order valence-corrected chi connectivity index (χ2v) is 4.19. The molecule has 0 aromatic heterocycles. The molecular weight excluding hydrogens is 280 g/mol. The van der Waals surface area contributed by atoms with E-state index >= 15 is 0 Å². The van der Waals surface area contributed by atoms with Gasteiger partial charge in [0.15, 0.2) is 0 Å². The predicted octanol–water partition coefficient (Wildman–Crippen LogP) is 2.92. The molecule has 2 aromatic rings. The standard InChI is InChI=1S/C15H13F2NO3/c16-15(17)21-13-8-4-2-6-11(13)14(20)18-9-10-5-1-3-7-12(10)19/h1-8,15,19H,9H2,(H,18,20). The molecule has 0 unspecified atom stereocenters. The van der Waals surface area contributed by atoms with E-state index in [2.05, 4.69) is 10.1 Å². The van der Waals surface area contributed by atoms with Gasteiger partial charge in [-0.1, -0.05) is 30.3 Å². The Bertz CT molecular complexity index is 632. The summed E-state index contributed by atoms with van der Waals surface area (Å²) in [5.74, 6) is -0.702. The van der Waals surface area contributed by atoms with E-state index in [-0.39, 0.29) is 23.6 Å². The zero-order valence-corrected chi connectivity index (χ0v) is 10.9. The number of nitrogens with one attached hydrogen (secondary N) is 1. The third-order valence-electron chi connectivity index (χ3n) is 2.78. The van der Waals surface area contributed by atoms with Crippen molar-refractivity contribution in [2.24, 2.45) is 0 Å². The molecule has 110 valence electrons. The average Bonchev–Trinajstić information content (AvgIpc) is 2.46. The van der Waals surface area contributed by atoms with Crippen molar-refractivity contribution in [2.45, 2.75) is 13.2 Å². The zero-order valence-electron chi connectivity index (χ0n) is 10.9. The van der Waals surface area contributed by atoms with Gasteiger partial charge >= 0.3 is 6.61 Å². The molecule has 0 saturated carbocycles. The third kappa shape index (κ3) is 3.92. The van der Waals surface area contributed by atoms with Crippen molar-refractivity contribution in [3.8, 4) is 11.5 Å². The quantitative estimate of drug-likeness (QED) is 0.891. The van der Waals surface area contributed by atoms with E-state index in [1.165, 1.54) is 24.3 Å². The Hall–Kier alpha value is -2.63. The van der Waals surface area contributed by atoms with Gasteiger partial charge < -0.3 is 15.2 Å². The van der Waals surface area contributed by atoms with Crippen molar-refractivity contribution in [2.75, 3.05) is 0 Å². The first-order valence-corrected chi connectivity index (χ1v) is 6.17. The maximum absolute atomic E-state index is 12.3. The SMILES string of the molecule is O=C(NCc1ccccc1O)c1ccccc1OC(F)F. The number of aromatic hydroxyl groups is 1. The summed E-state index contributed by atoms with van der Waals surface area (Å²) < 4.78 is 28.9. The number of hydrogen-bond donors (Lipinski definition) is 2. The van der Waals surface area contributed by atoms with Gasteiger partial charge in [0.25, 0.3) is 5.91 Å². The Morgan fingerprint density at radius 1 is 1.14 bits per heavy atom. The number of hydrogen-bond acceptors (Lipinski definition) is 3. The smallest absolute Gasteiger partial charge is 0.387 e. The maximum atomic E-state index is 12.3. The number of amides is 1. The van der Waals surface area contributed by atoms with Gasteiger partial charge in [0, 0.05) is 12.1 Å². The Morgan fingerprint density at radius 2 is 1.81 bits per heavy atom. The Kier molecular flexibility index (Phi) is 4.71. The highest BCUT2D eigenvalue weighted by atomic mass is 19.3. The van der Waals surface area contributed by atoms with Gasteiger partial charge in [-0.3, -0.25) is 4.79 Å². The molecule has 0 spiro atoms. The summed E-state index contributed by atoms with van der Waals surface area (Å²) in [6.45, 7) is -2.92. The molecule has 0 bridgehead atoms. The molecule has 0 heterocycles. The molecule has 0 saturated heterocycles. The molecule has 21 heavy (non-hydrogen) atoms. The van der Waals surface area contributed by atoms with Crippen molar-refractivity contribution in [3.63, 3.8) is 0 Å². The molecular formula is C15H13F2NO3. The van der Waals surface area contributed by atoms with Crippen molar-refractivity contribution in [1.29, 1.82) is 0 Å². The Morgan fingerprint density at radius 3 is 2.52 bits per heavy atom. The van der Waals surface area contributed by atoms with Crippen LogP contribution < -0.4 is 10.1 Å². The van der Waals surface area contributed by atoms with Crippen molar-refractivity contribution in [3.05, 3.63) is 59.7 Å². The number of phenols is 1. The summed E-state index contributed by atoms with van der Waals surface area (Å²) >= 11 is 0. The molecule has 0 aliphatic rings. The fraction of sp³-hybridized carbons (Fsp3) is 0.133. The highest BCUT2D eigenvalue weighted by Crippen LogP contribution is 2.21. The molecule has 6 heteroatoms. The lowest BCUT2D eigenvalue weighted by Gasteiger charge is -2.11. The molecule has 2 N–H and O–H groups in total. The van der Waals surface area contributed by atoms with Crippen LogP contribution in [0.1, 0.15) is 15.9 Å². The van der Waals surface area contributed by atoms with Gasteiger partial charge in [-0.25, -0.2) is 0 Å². The fourth-order valence-electron chi connectivity index (χ4n) is 1.78. The van der Waals surface area contributed by atoms with E-state index in [9.17, 15) is 18.7 Å². The van der Waals surface area contributed by atoms with Crippen LogP contribution in [0.3, 0.4) is 0 Å². The van der Waals surface area contributed by atoms with Gasteiger partial charge in [0.05, 0.1) is 5.56 Å². The van der Waals surface area contributed by atoms with Crippen molar-refractivity contribution < 1.29 is 23.4 Å². The molecule has 0 fully saturated rings. The second-order valence-electron chi connectivity index (χ2n) is 4.19. The molecule has 2 rings (SSSR count). The number of ether oxygens (including phenoxy) is 1. The van der Waals surface area contributed by atoms with E-state index in [4.69, 9.17) is 0 Å².